The molecule has 0 radical (unpaired) electrons. The van der Waals surface area contributed by atoms with Crippen LogP contribution in [0.5, 0.6) is 17.2 Å². The number of phenols is 2. The van der Waals surface area contributed by atoms with Gasteiger partial charge in [-0.3, -0.25) is 33.6 Å². The first-order valence-corrected chi connectivity index (χ1v) is 24.4. The smallest absolute Gasteiger partial charge is 0.211 e. The highest BCUT2D eigenvalue weighted by Crippen LogP contribution is 2.52. The van der Waals surface area contributed by atoms with Gasteiger partial charge in [-0.25, -0.2) is 0 Å². The summed E-state index contributed by atoms with van der Waals surface area (Å²) in [5.74, 6) is -3.91. The fourth-order valence-electron chi connectivity index (χ4n) is 10.7. The van der Waals surface area contributed by atoms with Crippen LogP contribution in [0.1, 0.15) is 129 Å². The number of aliphatic hydroxyl groups is 2. The highest BCUT2D eigenvalue weighted by Gasteiger charge is 2.49. The third-order valence-corrected chi connectivity index (χ3v) is 14.6. The minimum atomic E-state index is -2.09. The first-order chi connectivity index (χ1) is 35.7. The standard InChI is InChI=1S/C56H57N5O14/c1-28-51(67)37(20-46(74-28)75-45-22-56(72,29(2)63)21-36-48(45)55(71)50-49(53(36)69)52(68)35-8-7-9-44(73-6)47(35)54(50)70)57-23-31-12-10-30(11-13-31)16-41(64)38-14-32(24-59(38)3)17-42(65)39-15-33(25-60(39)4)18-43(66)40-19-34(58-27-62)26-61(40)5/h7-15,19,24-28,37,45-46,51,57,67,69,71-72H,16-18,20-23H2,1-6H3,(H,58,62)/t28?,37?,45-,46?,51?,56-/m1/s1. The Morgan fingerprint density at radius 1 is 0.787 bits per heavy atom. The number of hydrogen-bond acceptors (Lipinski definition) is 15. The highest BCUT2D eigenvalue weighted by atomic mass is 16.7. The van der Waals surface area contributed by atoms with E-state index in [1.165, 1.54) is 32.2 Å². The van der Waals surface area contributed by atoms with E-state index >= 15 is 0 Å². The van der Waals surface area contributed by atoms with E-state index in [0.717, 1.165) is 11.1 Å². The number of amides is 1. The summed E-state index contributed by atoms with van der Waals surface area (Å²) in [6, 6.07) is 16.2. The molecule has 0 saturated carbocycles. The van der Waals surface area contributed by atoms with Crippen molar-refractivity contribution in [1.29, 1.82) is 0 Å². The molecule has 19 nitrogen and oxygen atoms in total. The number of aromatic nitrogens is 3. The number of hydrogen-bond donors (Lipinski definition) is 6. The molecule has 3 aromatic carbocycles. The molecule has 3 aromatic heterocycles. The van der Waals surface area contributed by atoms with E-state index in [4.69, 9.17) is 14.2 Å². The average molecular weight is 1020 g/mol. The van der Waals surface area contributed by atoms with E-state index in [1.54, 1.807) is 78.6 Å². The number of rotatable bonds is 18. The minimum absolute atomic E-state index is 0.0328. The second-order valence-corrected chi connectivity index (χ2v) is 19.8. The second-order valence-electron chi connectivity index (χ2n) is 19.8. The summed E-state index contributed by atoms with van der Waals surface area (Å²) in [5, 5.41) is 52.4. The molecule has 390 valence electrons. The SMILES string of the molecule is COc1cccc2c1C(=O)c1c(O)c3c(c(O)c1C2=O)C[C@](O)(C(C)=O)C[C@H]3OC1CC(NCc2ccc(CC(=O)c3cc(CC(=O)c4cc(CC(=O)c5cc(NC=O)cn5C)cn4C)cn3C)cc2)C(O)C(C)O1. The van der Waals surface area contributed by atoms with Crippen molar-refractivity contribution in [3.63, 3.8) is 0 Å². The van der Waals surface area contributed by atoms with Gasteiger partial charge < -0.3 is 59.0 Å². The van der Waals surface area contributed by atoms with Crippen LogP contribution in [0.3, 0.4) is 0 Å². The first kappa shape index (κ1) is 52.1. The van der Waals surface area contributed by atoms with Gasteiger partial charge in [0.25, 0.3) is 0 Å². The number of anilines is 1. The Hall–Kier alpha value is -7.81. The van der Waals surface area contributed by atoms with Crippen molar-refractivity contribution in [3.05, 3.63) is 152 Å². The molecule has 6 N–H and O–H groups in total. The second kappa shape index (κ2) is 20.5. The van der Waals surface area contributed by atoms with E-state index in [0.29, 0.717) is 40.3 Å². The molecule has 19 heteroatoms. The lowest BCUT2D eigenvalue weighted by Crippen LogP contribution is -2.54. The van der Waals surface area contributed by atoms with Crippen molar-refractivity contribution in [2.45, 2.75) is 95.2 Å². The van der Waals surface area contributed by atoms with Gasteiger partial charge >= 0.3 is 0 Å². The van der Waals surface area contributed by atoms with Crippen molar-refractivity contribution in [2.24, 2.45) is 21.1 Å². The van der Waals surface area contributed by atoms with Gasteiger partial charge in [-0.05, 0) is 60.4 Å². The number of phenolic OH excluding ortho intramolecular Hbond substituents is 2. The van der Waals surface area contributed by atoms with Crippen LogP contribution in [0.25, 0.3) is 0 Å². The van der Waals surface area contributed by atoms with E-state index in [2.05, 4.69) is 10.6 Å². The molecule has 6 atom stereocenters. The number of nitrogens with zero attached hydrogens (tertiary/aromatic N) is 3. The van der Waals surface area contributed by atoms with Gasteiger partial charge in [0.15, 0.2) is 35.2 Å². The van der Waals surface area contributed by atoms with Crippen LogP contribution in [0, 0.1) is 0 Å². The summed E-state index contributed by atoms with van der Waals surface area (Å²) in [6.45, 7) is 3.11. The van der Waals surface area contributed by atoms with Crippen LogP contribution in [-0.2, 0) is 72.4 Å². The number of aryl methyl sites for hydroxylation is 3. The van der Waals surface area contributed by atoms with Gasteiger partial charge in [-0.2, -0.15) is 0 Å². The van der Waals surface area contributed by atoms with E-state index < -0.39 is 82.6 Å². The lowest BCUT2D eigenvalue weighted by molar-refractivity contribution is -0.249. The van der Waals surface area contributed by atoms with E-state index in [9.17, 15) is 54.0 Å². The van der Waals surface area contributed by atoms with Crippen molar-refractivity contribution in [1.82, 2.24) is 19.0 Å². The van der Waals surface area contributed by atoms with Crippen LogP contribution in [0.2, 0.25) is 0 Å². The van der Waals surface area contributed by atoms with Gasteiger partial charge in [-0.1, -0.05) is 36.4 Å². The lowest BCUT2D eigenvalue weighted by Gasteiger charge is -2.43. The topological polar surface area (TPSA) is 267 Å². The molecule has 1 fully saturated rings. The summed E-state index contributed by atoms with van der Waals surface area (Å²) >= 11 is 0. The normalized spacial score (nSPS) is 21.0. The Morgan fingerprint density at radius 2 is 1.36 bits per heavy atom. The fraction of sp³-hybridized carbons (Fsp3) is 0.339. The zero-order chi connectivity index (χ0) is 53.8. The summed E-state index contributed by atoms with van der Waals surface area (Å²) in [7, 11) is 6.52. The number of fused-ring (bicyclic) bond motifs is 3. The Labute approximate surface area is 430 Å². The number of nitrogens with one attached hydrogen (secondary N) is 2. The van der Waals surface area contributed by atoms with Crippen LogP contribution >= 0.6 is 0 Å². The molecule has 6 aromatic rings. The quantitative estimate of drug-likeness (QED) is 0.0386. The molecule has 1 amide bonds. The van der Waals surface area contributed by atoms with Crippen LogP contribution < -0.4 is 15.4 Å². The maximum atomic E-state index is 14.1. The van der Waals surface area contributed by atoms with Crippen molar-refractivity contribution < 1.29 is 68.2 Å². The number of Topliss-reactive ketones (excluding diaryl/α,β-unsaturated/α-hetero) is 4. The monoisotopic (exact) mass is 1020 g/mol. The molecule has 4 unspecified atom stereocenters. The number of aliphatic hydroxyl groups excluding tert-OH is 1. The van der Waals surface area contributed by atoms with Crippen LogP contribution in [0.4, 0.5) is 5.69 Å². The van der Waals surface area contributed by atoms with Crippen LogP contribution in [-0.4, -0.2) is 112 Å². The number of carbonyl (C=O) groups is 7. The van der Waals surface area contributed by atoms with Crippen molar-refractivity contribution >= 4 is 46.8 Å². The van der Waals surface area contributed by atoms with Gasteiger partial charge in [0.05, 0.1) is 64.9 Å². The predicted octanol–water partition coefficient (Wildman–Crippen LogP) is 4.72. The number of methoxy groups -OCH3 is 1. The molecular weight excluding hydrogens is 967 g/mol. The summed E-state index contributed by atoms with van der Waals surface area (Å²) in [5.41, 5.74) is 1.29. The maximum Gasteiger partial charge on any atom is 0.211 e. The average Bonchev–Trinajstić information content (AvgIpc) is 4.06. The largest absolute Gasteiger partial charge is 0.507 e. The summed E-state index contributed by atoms with van der Waals surface area (Å²) < 4.78 is 22.9. The molecule has 2 aliphatic carbocycles. The van der Waals surface area contributed by atoms with Gasteiger partial charge in [0.2, 0.25) is 12.2 Å². The highest BCUT2D eigenvalue weighted by molar-refractivity contribution is 6.31. The van der Waals surface area contributed by atoms with Crippen molar-refractivity contribution in [2.75, 3.05) is 12.4 Å². The minimum Gasteiger partial charge on any atom is -0.507 e. The molecule has 1 saturated heterocycles. The summed E-state index contributed by atoms with van der Waals surface area (Å²) in [6.07, 6.45) is 0.811. The fourth-order valence-corrected chi connectivity index (χ4v) is 10.7. The van der Waals surface area contributed by atoms with Gasteiger partial charge in [-0.15, -0.1) is 0 Å². The number of carbonyl (C=O) groups excluding carboxylic acids is 7. The molecule has 1 aliphatic heterocycles. The molecule has 3 aliphatic rings. The number of ether oxygens (including phenoxy) is 3. The lowest BCUT2D eigenvalue weighted by atomic mass is 9.72. The third-order valence-electron chi connectivity index (χ3n) is 14.6. The zero-order valence-corrected chi connectivity index (χ0v) is 42.1. The Kier molecular flexibility index (Phi) is 14.2. The van der Waals surface area contributed by atoms with Gasteiger partial charge in [0, 0.05) is 108 Å². The van der Waals surface area contributed by atoms with Gasteiger partial charge in [0.1, 0.15) is 22.8 Å². The molecule has 0 bridgehead atoms. The van der Waals surface area contributed by atoms with E-state index in [1.807, 2.05) is 24.3 Å². The molecular formula is C56H57N5O14. The predicted molar refractivity (Wildman–Crippen MR) is 269 cm³/mol. The number of benzene rings is 3. The summed E-state index contributed by atoms with van der Waals surface area (Å²) in [4.78, 5) is 91.9. The molecule has 0 spiro atoms. The first-order valence-electron chi connectivity index (χ1n) is 24.4. The zero-order valence-electron chi connectivity index (χ0n) is 42.1. The van der Waals surface area contributed by atoms with Crippen LogP contribution in [0.15, 0.2) is 79.3 Å². The van der Waals surface area contributed by atoms with E-state index in [-0.39, 0.29) is 84.0 Å². The Bertz CT molecular complexity index is 3330. The Balaban J connectivity index is 0.834. The molecule has 9 rings (SSSR count). The number of ketones is 6. The van der Waals surface area contributed by atoms with Crippen molar-refractivity contribution in [3.8, 4) is 17.2 Å². The number of aromatic hydroxyl groups is 2. The third kappa shape index (κ3) is 9.87. The molecule has 4 heterocycles. The Morgan fingerprint density at radius 3 is 1.96 bits per heavy atom. The molecule has 75 heavy (non-hydrogen) atoms. The maximum absolute atomic E-state index is 14.1.